The average molecular weight is 836 g/mol. The van der Waals surface area contributed by atoms with Crippen LogP contribution in [0.25, 0.3) is 0 Å². The number of quaternary nitrogens is 1. The SMILES string of the molecule is C.C=C([O-])C(N)Cc1ccccc1.C[N+](C)(C)C.Cc1ccc(C)c(NNC(=O)NC(Cc2ccccc2)C(=O)O)c1.Cc1ccc(C)c(NNC(=O)Oc2ccccc2)c1. The van der Waals surface area contributed by atoms with Crippen LogP contribution in [0.3, 0.4) is 0 Å². The molecule has 61 heavy (non-hydrogen) atoms. The van der Waals surface area contributed by atoms with Gasteiger partial charge in [0.05, 0.1) is 39.6 Å². The number of aliphatic carboxylic acids is 1. The number of para-hydroxylation sites is 1. The zero-order valence-electron chi connectivity index (χ0n) is 35.9. The second kappa shape index (κ2) is 27.0. The smallest absolute Gasteiger partial charge is 0.431 e. The Hall–Kier alpha value is -6.83. The number of carbonyl (C=O) groups is 3. The Labute approximate surface area is 362 Å². The number of nitrogens with two attached hydrogens (primary N) is 1. The molecule has 3 amide bonds. The van der Waals surface area contributed by atoms with Crippen molar-refractivity contribution in [3.63, 3.8) is 0 Å². The average Bonchev–Trinajstić information content (AvgIpc) is 3.19. The maximum atomic E-state index is 12.0. The van der Waals surface area contributed by atoms with E-state index in [-0.39, 0.29) is 19.6 Å². The summed E-state index contributed by atoms with van der Waals surface area (Å²) in [7, 11) is 8.50. The first-order valence-corrected chi connectivity index (χ1v) is 19.3. The van der Waals surface area contributed by atoms with Gasteiger partial charge in [0.2, 0.25) is 0 Å². The molecule has 0 saturated heterocycles. The zero-order chi connectivity index (χ0) is 44.7. The number of amides is 3. The minimum Gasteiger partial charge on any atom is -0.875 e. The van der Waals surface area contributed by atoms with Crippen molar-refractivity contribution in [3.05, 3.63) is 173 Å². The van der Waals surface area contributed by atoms with Crippen LogP contribution < -0.4 is 42.6 Å². The van der Waals surface area contributed by atoms with Crippen LogP contribution >= 0.6 is 0 Å². The molecule has 5 aromatic carbocycles. The Balaban J connectivity index is 0.000000448. The highest BCUT2D eigenvalue weighted by atomic mass is 16.6. The number of carbonyl (C=O) groups excluding carboxylic acids is 2. The number of nitrogens with one attached hydrogen (secondary N) is 5. The lowest BCUT2D eigenvalue weighted by Crippen LogP contribution is -2.48. The highest BCUT2D eigenvalue weighted by Crippen LogP contribution is 2.16. The molecule has 0 aromatic heterocycles. The van der Waals surface area contributed by atoms with E-state index in [9.17, 15) is 24.6 Å². The fraction of sp³-hybridized carbons (Fsp3) is 0.271. The molecule has 328 valence electrons. The first-order valence-electron chi connectivity index (χ1n) is 19.3. The number of aryl methyl sites for hydroxylation is 4. The summed E-state index contributed by atoms with van der Waals surface area (Å²) >= 11 is 0. The zero-order valence-corrected chi connectivity index (χ0v) is 35.9. The summed E-state index contributed by atoms with van der Waals surface area (Å²) in [4.78, 5) is 34.9. The van der Waals surface area contributed by atoms with Crippen molar-refractivity contribution in [2.24, 2.45) is 5.73 Å². The van der Waals surface area contributed by atoms with E-state index in [2.05, 4.69) is 61.8 Å². The van der Waals surface area contributed by atoms with Crippen LogP contribution in [0.5, 0.6) is 5.75 Å². The second-order valence-electron chi connectivity index (χ2n) is 15.3. The minimum atomic E-state index is -1.08. The molecule has 8 N–H and O–H groups in total. The van der Waals surface area contributed by atoms with E-state index in [0.29, 0.717) is 12.2 Å². The predicted octanol–water partition coefficient (Wildman–Crippen LogP) is 7.43. The van der Waals surface area contributed by atoms with Gasteiger partial charge in [0.1, 0.15) is 11.8 Å². The largest absolute Gasteiger partial charge is 0.875 e. The molecule has 13 heteroatoms. The van der Waals surface area contributed by atoms with Gasteiger partial charge >= 0.3 is 18.1 Å². The molecule has 0 bridgehead atoms. The molecule has 5 aromatic rings. The van der Waals surface area contributed by atoms with E-state index in [1.165, 1.54) is 0 Å². The maximum absolute atomic E-state index is 12.0. The number of ether oxygens (including phenoxy) is 1. The molecule has 0 fully saturated rings. The molecule has 0 aliphatic carbocycles. The van der Waals surface area contributed by atoms with Gasteiger partial charge in [-0.3, -0.25) is 16.3 Å². The lowest BCUT2D eigenvalue weighted by atomic mass is 10.1. The van der Waals surface area contributed by atoms with E-state index < -0.39 is 30.2 Å². The van der Waals surface area contributed by atoms with Crippen molar-refractivity contribution in [2.45, 2.75) is 60.0 Å². The standard InChI is InChI=1S/C18H21N3O3.C15H16N2O2.C10H13NO.C4H12N.CH4/c1-12-8-9-13(2)15(10-12)20-21-18(24)19-16(17(22)23)11-14-6-4-3-5-7-14;1-11-8-9-12(2)14(10-11)16-17-15(18)19-13-6-4-3-5-7-13;1-8(12)10(11)7-9-5-3-2-4-6-9;1-5(2,3)4;/h3-10,16,20H,11H2,1-2H3,(H,22,23)(H2,19,21,24);3-10,16H,1-2H3,(H,17,18);2-6,10,12H,1,7,11H2;1-4H3;1H4/q;;;+1;/p-1. The van der Waals surface area contributed by atoms with Crippen LogP contribution in [0.4, 0.5) is 21.0 Å². The second-order valence-corrected chi connectivity index (χ2v) is 15.3. The van der Waals surface area contributed by atoms with Gasteiger partial charge in [0.25, 0.3) is 0 Å². The number of urea groups is 1. The number of carboxylic acid groups (broad SMARTS) is 1. The summed E-state index contributed by atoms with van der Waals surface area (Å²) in [6, 6.07) is 37.5. The van der Waals surface area contributed by atoms with Crippen molar-refractivity contribution < 1.29 is 33.8 Å². The third-order valence-corrected chi connectivity index (χ3v) is 7.95. The van der Waals surface area contributed by atoms with Gasteiger partial charge in [-0.25, -0.2) is 19.8 Å². The van der Waals surface area contributed by atoms with E-state index >= 15 is 0 Å². The fourth-order valence-corrected chi connectivity index (χ4v) is 4.83. The van der Waals surface area contributed by atoms with Crippen LogP contribution in [0.1, 0.15) is 40.8 Å². The Morgan fingerprint density at radius 2 is 1.10 bits per heavy atom. The number of carboxylic acids is 1. The van der Waals surface area contributed by atoms with E-state index in [1.807, 2.05) is 131 Å². The summed E-state index contributed by atoms with van der Waals surface area (Å²) in [5, 5.41) is 22.5. The highest BCUT2D eigenvalue weighted by molar-refractivity contribution is 5.83. The van der Waals surface area contributed by atoms with Gasteiger partial charge in [-0.05, 0) is 91.8 Å². The monoisotopic (exact) mass is 835 g/mol. The molecule has 2 unspecified atom stereocenters. The third-order valence-electron chi connectivity index (χ3n) is 7.95. The van der Waals surface area contributed by atoms with Crippen LogP contribution in [-0.2, 0) is 17.6 Å². The van der Waals surface area contributed by atoms with Crippen molar-refractivity contribution in [3.8, 4) is 5.75 Å². The summed E-state index contributed by atoms with van der Waals surface area (Å²) < 4.78 is 6.09. The number of hydrazine groups is 2. The third kappa shape index (κ3) is 23.4. The van der Waals surface area contributed by atoms with Crippen molar-refractivity contribution >= 4 is 29.5 Å². The summed E-state index contributed by atoms with van der Waals surface area (Å²) in [5.41, 5.74) is 23.9. The Bertz CT molecular complexity index is 2070. The van der Waals surface area contributed by atoms with Gasteiger partial charge in [0.15, 0.2) is 0 Å². The first-order chi connectivity index (χ1) is 28.3. The molecule has 13 nitrogen and oxygen atoms in total. The molecule has 0 spiro atoms. The summed E-state index contributed by atoms with van der Waals surface area (Å²) in [6.45, 7) is 11.1. The molecule has 2 atom stereocenters. The fourth-order valence-electron chi connectivity index (χ4n) is 4.83. The van der Waals surface area contributed by atoms with E-state index in [4.69, 9.17) is 10.5 Å². The predicted molar refractivity (Wildman–Crippen MR) is 246 cm³/mol. The van der Waals surface area contributed by atoms with Gasteiger partial charge in [0, 0.05) is 12.5 Å². The maximum Gasteiger partial charge on any atom is 0.431 e. The minimum absolute atomic E-state index is 0. The Kier molecular flexibility index (Phi) is 23.1. The normalized spacial score (nSPS) is 11.0. The van der Waals surface area contributed by atoms with Crippen molar-refractivity contribution in [2.75, 3.05) is 39.0 Å². The lowest BCUT2D eigenvalue weighted by molar-refractivity contribution is -0.849. The van der Waals surface area contributed by atoms with Crippen molar-refractivity contribution in [1.82, 2.24) is 16.2 Å². The molecule has 0 aliphatic heterocycles. The molecule has 0 saturated carbocycles. The topological polar surface area (TPSA) is 190 Å². The van der Waals surface area contributed by atoms with E-state index in [1.54, 1.807) is 24.3 Å². The molecule has 0 heterocycles. The Morgan fingerprint density at radius 3 is 1.52 bits per heavy atom. The van der Waals surface area contributed by atoms with Crippen LogP contribution in [0, 0.1) is 27.7 Å². The number of nitrogens with zero attached hydrogens (tertiary/aromatic N) is 1. The van der Waals surface area contributed by atoms with Crippen molar-refractivity contribution in [1.29, 1.82) is 0 Å². The van der Waals surface area contributed by atoms with Gasteiger partial charge in [-0.2, -0.15) is 0 Å². The summed E-state index contributed by atoms with van der Waals surface area (Å²) in [6.07, 6.45) is 0.239. The molecule has 0 radical (unpaired) electrons. The summed E-state index contributed by atoms with van der Waals surface area (Å²) in [5.74, 6) is -0.789. The van der Waals surface area contributed by atoms with Gasteiger partial charge in [-0.15, -0.1) is 12.3 Å². The highest BCUT2D eigenvalue weighted by Gasteiger charge is 2.20. The van der Waals surface area contributed by atoms with Gasteiger partial charge < -0.3 is 30.5 Å². The van der Waals surface area contributed by atoms with Crippen LogP contribution in [0.15, 0.2) is 140 Å². The number of rotatable bonds is 12. The van der Waals surface area contributed by atoms with Crippen LogP contribution in [-0.4, -0.2) is 68.0 Å². The molecule has 5 rings (SSSR count). The lowest BCUT2D eigenvalue weighted by Gasteiger charge is -2.18. The number of benzene rings is 5. The quantitative estimate of drug-likeness (QED) is 0.0381. The van der Waals surface area contributed by atoms with Crippen LogP contribution in [0.2, 0.25) is 0 Å². The Morgan fingerprint density at radius 1 is 0.689 bits per heavy atom. The molecule has 0 aliphatic rings. The molecular formula is C48H65N7O6. The van der Waals surface area contributed by atoms with E-state index in [0.717, 1.165) is 49.2 Å². The number of anilines is 2. The number of hydrogen-bond acceptors (Lipinski definition) is 8. The molecular weight excluding hydrogens is 771 g/mol. The first kappa shape index (κ1) is 52.2. The van der Waals surface area contributed by atoms with Gasteiger partial charge in [-0.1, -0.05) is 111 Å². The number of hydrogen-bond donors (Lipinski definition) is 7.